The van der Waals surface area contributed by atoms with E-state index in [9.17, 15) is 4.79 Å². The molecule has 6 heteroatoms. The van der Waals surface area contributed by atoms with Crippen molar-refractivity contribution in [1.82, 2.24) is 9.97 Å². The fourth-order valence-corrected chi connectivity index (χ4v) is 3.82. The lowest BCUT2D eigenvalue weighted by atomic mass is 9.98. The van der Waals surface area contributed by atoms with Crippen LogP contribution in [0.25, 0.3) is 0 Å². The molecule has 0 amide bonds. The summed E-state index contributed by atoms with van der Waals surface area (Å²) >= 11 is 12.0. The molecule has 2 aliphatic rings. The van der Waals surface area contributed by atoms with Crippen molar-refractivity contribution < 1.29 is 9.53 Å². The first-order valence-corrected chi connectivity index (χ1v) is 9.15. The standard InChI is InChI=1S/C19H18Cl2N2O2/c1-12-10-19(12,14-5-3-7-16(21)23-14)17(24)25-11-18(8-9-18)13-4-2-6-15(20)22-13/h2-7,12H,8-11H2,1H3. The molecule has 2 fully saturated rings. The Hall–Kier alpha value is -1.65. The van der Waals surface area contributed by atoms with Crippen molar-refractivity contribution in [3.63, 3.8) is 0 Å². The molecule has 0 aromatic carbocycles. The van der Waals surface area contributed by atoms with Crippen LogP contribution in [0.5, 0.6) is 0 Å². The van der Waals surface area contributed by atoms with Crippen molar-refractivity contribution in [2.75, 3.05) is 6.61 Å². The van der Waals surface area contributed by atoms with Gasteiger partial charge < -0.3 is 4.74 Å². The molecule has 0 spiro atoms. The first kappa shape index (κ1) is 16.8. The van der Waals surface area contributed by atoms with Crippen molar-refractivity contribution in [2.24, 2.45) is 5.92 Å². The van der Waals surface area contributed by atoms with E-state index in [1.165, 1.54) is 0 Å². The van der Waals surface area contributed by atoms with Crippen molar-refractivity contribution in [1.29, 1.82) is 0 Å². The fourth-order valence-electron chi connectivity index (χ4n) is 3.49. The number of hydrogen-bond donors (Lipinski definition) is 0. The Morgan fingerprint density at radius 2 is 1.68 bits per heavy atom. The largest absolute Gasteiger partial charge is 0.464 e. The summed E-state index contributed by atoms with van der Waals surface area (Å²) in [5, 5.41) is 0.857. The van der Waals surface area contributed by atoms with Crippen LogP contribution in [0.3, 0.4) is 0 Å². The molecular weight excluding hydrogens is 359 g/mol. The van der Waals surface area contributed by atoms with Crippen LogP contribution in [0.15, 0.2) is 36.4 Å². The smallest absolute Gasteiger partial charge is 0.318 e. The number of hydrogen-bond acceptors (Lipinski definition) is 4. The fraction of sp³-hybridized carbons (Fsp3) is 0.421. The average molecular weight is 377 g/mol. The van der Waals surface area contributed by atoms with Crippen LogP contribution >= 0.6 is 23.2 Å². The Bertz CT molecular complexity index is 838. The van der Waals surface area contributed by atoms with Crippen molar-refractivity contribution in [3.8, 4) is 0 Å². The van der Waals surface area contributed by atoms with Gasteiger partial charge in [-0.2, -0.15) is 0 Å². The van der Waals surface area contributed by atoms with Crippen LogP contribution in [0, 0.1) is 5.92 Å². The van der Waals surface area contributed by atoms with E-state index in [1.54, 1.807) is 12.1 Å². The minimum Gasteiger partial charge on any atom is -0.464 e. The van der Waals surface area contributed by atoms with Crippen LogP contribution in [0.2, 0.25) is 10.3 Å². The second kappa shape index (κ2) is 5.96. The van der Waals surface area contributed by atoms with Crippen LogP contribution in [-0.2, 0) is 20.4 Å². The summed E-state index contributed by atoms with van der Waals surface area (Å²) in [6, 6.07) is 11.0. The zero-order chi connectivity index (χ0) is 17.7. The zero-order valence-corrected chi connectivity index (χ0v) is 15.3. The van der Waals surface area contributed by atoms with Gasteiger partial charge in [0, 0.05) is 5.41 Å². The Kier molecular flexibility index (Phi) is 4.00. The van der Waals surface area contributed by atoms with E-state index in [0.717, 1.165) is 25.0 Å². The predicted octanol–water partition coefficient (Wildman–Crippen LogP) is 4.34. The number of ether oxygens (including phenoxy) is 1. The quantitative estimate of drug-likeness (QED) is 0.575. The predicted molar refractivity (Wildman–Crippen MR) is 95.8 cm³/mol. The van der Waals surface area contributed by atoms with Crippen LogP contribution in [0.1, 0.15) is 37.6 Å². The van der Waals surface area contributed by atoms with Gasteiger partial charge in [0.25, 0.3) is 0 Å². The molecule has 2 atom stereocenters. The Morgan fingerprint density at radius 1 is 1.12 bits per heavy atom. The van der Waals surface area contributed by atoms with E-state index in [-0.39, 0.29) is 17.3 Å². The average Bonchev–Trinajstić information content (AvgIpc) is 3.49. The van der Waals surface area contributed by atoms with Gasteiger partial charge >= 0.3 is 5.97 Å². The molecule has 0 radical (unpaired) electrons. The lowest BCUT2D eigenvalue weighted by molar-refractivity contribution is -0.148. The van der Waals surface area contributed by atoms with Crippen LogP contribution in [0.4, 0.5) is 0 Å². The zero-order valence-electron chi connectivity index (χ0n) is 13.8. The summed E-state index contributed by atoms with van der Waals surface area (Å²) in [4.78, 5) is 21.6. The van der Waals surface area contributed by atoms with E-state index in [2.05, 4.69) is 9.97 Å². The molecule has 130 valence electrons. The minimum atomic E-state index is -0.664. The number of esters is 1. The van der Waals surface area contributed by atoms with Gasteiger partial charge in [0.2, 0.25) is 0 Å². The van der Waals surface area contributed by atoms with Crippen LogP contribution < -0.4 is 0 Å². The Balaban J connectivity index is 1.51. The number of aromatic nitrogens is 2. The maximum absolute atomic E-state index is 12.9. The lowest BCUT2D eigenvalue weighted by Crippen LogP contribution is -2.30. The van der Waals surface area contributed by atoms with Crippen molar-refractivity contribution in [2.45, 2.75) is 37.0 Å². The Labute approximate surface area is 156 Å². The molecule has 2 heterocycles. The van der Waals surface area contributed by atoms with E-state index in [1.807, 2.05) is 31.2 Å². The van der Waals surface area contributed by atoms with E-state index in [4.69, 9.17) is 27.9 Å². The summed E-state index contributed by atoms with van der Waals surface area (Å²) in [5.41, 5.74) is 0.736. The molecule has 2 aromatic rings. The maximum atomic E-state index is 12.9. The molecule has 4 nitrogen and oxygen atoms in total. The topological polar surface area (TPSA) is 52.1 Å². The first-order valence-electron chi connectivity index (χ1n) is 8.40. The third-order valence-electron chi connectivity index (χ3n) is 5.44. The van der Waals surface area contributed by atoms with Gasteiger partial charge in [-0.05, 0) is 49.4 Å². The number of halogens is 2. The number of nitrogens with zero attached hydrogens (tertiary/aromatic N) is 2. The third-order valence-corrected chi connectivity index (χ3v) is 5.86. The van der Waals surface area contributed by atoms with Gasteiger partial charge in [0.15, 0.2) is 0 Å². The lowest BCUT2D eigenvalue weighted by Gasteiger charge is -2.19. The molecule has 4 rings (SSSR count). The van der Waals surface area contributed by atoms with E-state index in [0.29, 0.717) is 22.6 Å². The number of pyridine rings is 2. The molecule has 0 N–H and O–H groups in total. The van der Waals surface area contributed by atoms with Crippen molar-refractivity contribution in [3.05, 3.63) is 58.1 Å². The second-order valence-electron chi connectivity index (χ2n) is 7.12. The maximum Gasteiger partial charge on any atom is 0.318 e. The summed E-state index contributed by atoms with van der Waals surface area (Å²) in [6.45, 7) is 2.36. The molecule has 25 heavy (non-hydrogen) atoms. The van der Waals surface area contributed by atoms with Crippen LogP contribution in [-0.4, -0.2) is 22.5 Å². The molecule has 0 saturated heterocycles. The molecule has 0 aliphatic heterocycles. The highest BCUT2D eigenvalue weighted by molar-refractivity contribution is 6.29. The molecule has 2 unspecified atom stereocenters. The normalized spacial score (nSPS) is 26.1. The summed E-state index contributed by atoms with van der Waals surface area (Å²) in [6.07, 6.45) is 2.64. The highest BCUT2D eigenvalue weighted by Gasteiger charge is 2.61. The molecular formula is C19H18Cl2N2O2. The monoisotopic (exact) mass is 376 g/mol. The second-order valence-corrected chi connectivity index (χ2v) is 7.90. The van der Waals surface area contributed by atoms with Gasteiger partial charge in [0.1, 0.15) is 22.3 Å². The third kappa shape index (κ3) is 2.91. The van der Waals surface area contributed by atoms with Gasteiger partial charge in [0.05, 0.1) is 11.4 Å². The first-order chi connectivity index (χ1) is 12.0. The van der Waals surface area contributed by atoms with Gasteiger partial charge in [-0.1, -0.05) is 42.3 Å². The highest BCUT2D eigenvalue weighted by atomic mass is 35.5. The number of carbonyl (C=O) groups is 1. The van der Waals surface area contributed by atoms with Gasteiger partial charge in [-0.15, -0.1) is 0 Å². The van der Waals surface area contributed by atoms with E-state index >= 15 is 0 Å². The molecule has 0 bridgehead atoms. The van der Waals surface area contributed by atoms with Gasteiger partial charge in [-0.25, -0.2) is 9.97 Å². The summed E-state index contributed by atoms with van der Waals surface area (Å²) < 4.78 is 5.75. The summed E-state index contributed by atoms with van der Waals surface area (Å²) in [5.74, 6) is -0.0199. The number of carbonyl (C=O) groups excluding carboxylic acids is 1. The van der Waals surface area contributed by atoms with Gasteiger partial charge in [-0.3, -0.25) is 4.79 Å². The molecule has 2 saturated carbocycles. The Morgan fingerprint density at radius 3 is 2.20 bits per heavy atom. The molecule has 2 aromatic heterocycles. The minimum absolute atomic E-state index is 0.193. The van der Waals surface area contributed by atoms with Crippen molar-refractivity contribution >= 4 is 29.2 Å². The number of rotatable bonds is 5. The molecule has 2 aliphatic carbocycles. The summed E-state index contributed by atoms with van der Waals surface area (Å²) in [7, 11) is 0. The van der Waals surface area contributed by atoms with E-state index < -0.39 is 5.41 Å². The SMILES string of the molecule is CC1CC1(C(=O)OCC1(c2cccc(Cl)n2)CC1)c1cccc(Cl)n1. The highest BCUT2D eigenvalue weighted by Crippen LogP contribution is 2.55.